The number of halogens is 1. The van der Waals surface area contributed by atoms with Gasteiger partial charge in [0.2, 0.25) is 10.0 Å². The Balaban J connectivity index is 3.13. The first-order chi connectivity index (χ1) is 12.1. The second-order valence-corrected chi connectivity index (χ2v) is 7.85. The third kappa shape index (κ3) is 5.89. The van der Waals surface area contributed by atoms with Crippen molar-refractivity contribution in [2.24, 2.45) is 0 Å². The number of alkyl halides is 1. The Hall–Kier alpha value is -1.78. The number of carbonyl (C=O) groups excluding carboxylic acids is 3. The van der Waals surface area contributed by atoms with E-state index >= 15 is 0 Å². The molecule has 8 nitrogen and oxygen atoms in total. The van der Waals surface area contributed by atoms with Crippen LogP contribution in [0.25, 0.3) is 0 Å². The van der Waals surface area contributed by atoms with Crippen molar-refractivity contribution in [3.05, 3.63) is 29.8 Å². The molecule has 10 heteroatoms. The van der Waals surface area contributed by atoms with E-state index in [9.17, 15) is 22.8 Å². The van der Waals surface area contributed by atoms with Gasteiger partial charge < -0.3 is 9.47 Å². The number of esters is 2. The molecule has 0 aromatic heterocycles. The largest absolute Gasteiger partial charge is 0.465 e. The van der Waals surface area contributed by atoms with Gasteiger partial charge in [0, 0.05) is 0 Å². The summed E-state index contributed by atoms with van der Waals surface area (Å²) in [5.74, 6) is -3.28. The van der Waals surface area contributed by atoms with Gasteiger partial charge in [-0.2, -0.15) is 4.72 Å². The minimum Gasteiger partial charge on any atom is -0.465 e. The average Bonchev–Trinajstić information content (AvgIpc) is 2.59. The number of carbonyl (C=O) groups is 3. The third-order valence-corrected chi connectivity index (χ3v) is 5.58. The fourth-order valence-electron chi connectivity index (χ4n) is 1.88. The predicted octanol–water partition coefficient (Wildman–Crippen LogP) is 1.10. The summed E-state index contributed by atoms with van der Waals surface area (Å²) < 4.78 is 36.6. The second kappa shape index (κ2) is 9.79. The molecule has 0 amide bonds. The van der Waals surface area contributed by atoms with Gasteiger partial charge in [-0.15, -0.1) is 0 Å². The van der Waals surface area contributed by atoms with Crippen molar-refractivity contribution in [2.45, 2.75) is 36.5 Å². The van der Waals surface area contributed by atoms with Crippen LogP contribution in [0.3, 0.4) is 0 Å². The Bertz CT molecular complexity index is 761. The highest BCUT2D eigenvalue weighted by atomic mass is 79.9. The van der Waals surface area contributed by atoms with E-state index in [2.05, 4.69) is 25.4 Å². The van der Waals surface area contributed by atoms with E-state index < -0.39 is 38.6 Å². The van der Waals surface area contributed by atoms with Crippen LogP contribution in [-0.4, -0.2) is 50.2 Å². The van der Waals surface area contributed by atoms with E-state index in [-0.39, 0.29) is 18.1 Å². The molecule has 0 aliphatic heterocycles. The van der Waals surface area contributed by atoms with Crippen LogP contribution in [0.15, 0.2) is 29.2 Å². The third-order valence-electron chi connectivity index (χ3n) is 3.17. The maximum absolute atomic E-state index is 12.5. The first kappa shape index (κ1) is 22.3. The standard InChI is InChI=1S/C16H20BrNO7S/c1-4-24-15(20)13(12(17)14(19)16(21)25-5-2)18-26(22,23)11-8-6-10(3)7-9-11/h6-9,12-13,18H,4-5H2,1-3H3/t12-,13-/m1/s1. The highest BCUT2D eigenvalue weighted by Gasteiger charge is 2.39. The summed E-state index contributed by atoms with van der Waals surface area (Å²) in [7, 11) is -4.14. The summed E-state index contributed by atoms with van der Waals surface area (Å²) in [6.07, 6.45) is 0. The second-order valence-electron chi connectivity index (χ2n) is 5.15. The van der Waals surface area contributed by atoms with Crippen LogP contribution in [0.4, 0.5) is 0 Å². The zero-order valence-electron chi connectivity index (χ0n) is 14.5. The number of ketones is 1. The summed E-state index contributed by atoms with van der Waals surface area (Å²) in [5.41, 5.74) is 0.849. The molecule has 0 saturated carbocycles. The van der Waals surface area contributed by atoms with Gasteiger partial charge in [-0.1, -0.05) is 33.6 Å². The lowest BCUT2D eigenvalue weighted by Crippen LogP contribution is -2.51. The summed E-state index contributed by atoms with van der Waals surface area (Å²) >= 11 is 2.91. The Morgan fingerprint density at radius 3 is 2.12 bits per heavy atom. The fraction of sp³-hybridized carbons (Fsp3) is 0.438. The lowest BCUT2D eigenvalue weighted by atomic mass is 10.1. The SMILES string of the molecule is CCOC(=O)C(=O)[C@H](Br)[C@@H](NS(=O)(=O)c1ccc(C)cc1)C(=O)OCC. The molecule has 1 aromatic rings. The number of hydrogen-bond acceptors (Lipinski definition) is 7. The van der Waals surface area contributed by atoms with Crippen LogP contribution >= 0.6 is 15.9 Å². The number of nitrogens with one attached hydrogen (secondary N) is 1. The maximum atomic E-state index is 12.5. The lowest BCUT2D eigenvalue weighted by Gasteiger charge is -2.20. The number of rotatable bonds is 9. The first-order valence-corrected chi connectivity index (χ1v) is 10.1. The minimum atomic E-state index is -4.14. The summed E-state index contributed by atoms with van der Waals surface area (Å²) in [6, 6.07) is 4.25. The quantitative estimate of drug-likeness (QED) is 0.340. The Morgan fingerprint density at radius 2 is 1.62 bits per heavy atom. The molecule has 1 aromatic carbocycles. The number of hydrogen-bond donors (Lipinski definition) is 1. The first-order valence-electron chi connectivity index (χ1n) is 7.74. The zero-order valence-corrected chi connectivity index (χ0v) is 16.9. The van der Waals surface area contributed by atoms with Gasteiger partial charge in [0.15, 0.2) is 0 Å². The topological polar surface area (TPSA) is 116 Å². The van der Waals surface area contributed by atoms with Crippen LogP contribution in [0.1, 0.15) is 19.4 Å². The molecule has 1 N–H and O–H groups in total. The molecular weight excluding hydrogens is 430 g/mol. The summed E-state index contributed by atoms with van der Waals surface area (Å²) in [6.45, 7) is 4.76. The minimum absolute atomic E-state index is 0.0328. The molecule has 0 aliphatic rings. The van der Waals surface area contributed by atoms with Crippen molar-refractivity contribution in [1.29, 1.82) is 0 Å². The maximum Gasteiger partial charge on any atom is 0.375 e. The molecule has 144 valence electrons. The average molecular weight is 450 g/mol. The molecule has 0 unspecified atom stereocenters. The van der Waals surface area contributed by atoms with E-state index in [0.717, 1.165) is 5.56 Å². The molecule has 1 rings (SSSR count). The van der Waals surface area contributed by atoms with Crippen molar-refractivity contribution in [2.75, 3.05) is 13.2 Å². The molecule has 2 atom stereocenters. The molecule has 0 saturated heterocycles. The lowest BCUT2D eigenvalue weighted by molar-refractivity contribution is -0.154. The Morgan fingerprint density at radius 1 is 1.08 bits per heavy atom. The highest BCUT2D eigenvalue weighted by molar-refractivity contribution is 9.10. The van der Waals surface area contributed by atoms with Gasteiger partial charge in [-0.3, -0.25) is 9.59 Å². The van der Waals surface area contributed by atoms with Crippen LogP contribution in [0, 0.1) is 6.92 Å². The number of sulfonamides is 1. The van der Waals surface area contributed by atoms with E-state index in [1.807, 2.05) is 0 Å². The van der Waals surface area contributed by atoms with Crippen LogP contribution in [0.2, 0.25) is 0 Å². The van der Waals surface area contributed by atoms with Gasteiger partial charge in [0.25, 0.3) is 5.78 Å². The van der Waals surface area contributed by atoms with Crippen LogP contribution in [-0.2, 0) is 33.9 Å². The highest BCUT2D eigenvalue weighted by Crippen LogP contribution is 2.16. The summed E-state index contributed by atoms with van der Waals surface area (Å²) in [5, 5.41) is 0. The number of Topliss-reactive ketones (excluding diaryl/α,β-unsaturated/α-hetero) is 1. The molecular formula is C16H20BrNO7S. The number of ether oxygens (including phenoxy) is 2. The van der Waals surface area contributed by atoms with Gasteiger partial charge in [-0.25, -0.2) is 13.2 Å². The van der Waals surface area contributed by atoms with E-state index in [0.29, 0.717) is 0 Å². The molecule has 0 aliphatic carbocycles. The van der Waals surface area contributed by atoms with Crippen molar-refractivity contribution >= 4 is 43.7 Å². The van der Waals surface area contributed by atoms with Gasteiger partial charge in [0.05, 0.1) is 18.1 Å². The van der Waals surface area contributed by atoms with Crippen LogP contribution < -0.4 is 4.72 Å². The molecule has 0 heterocycles. The summed E-state index contributed by atoms with van der Waals surface area (Å²) in [4.78, 5) is 34.3. The fourth-order valence-corrected chi connectivity index (χ4v) is 3.79. The zero-order chi connectivity index (χ0) is 19.9. The van der Waals surface area contributed by atoms with Gasteiger partial charge in [-0.05, 0) is 32.9 Å². The molecule has 0 radical (unpaired) electrons. The number of aryl methyl sites for hydroxylation is 1. The van der Waals surface area contributed by atoms with Crippen molar-refractivity contribution < 1.29 is 32.3 Å². The van der Waals surface area contributed by atoms with E-state index in [1.165, 1.54) is 26.0 Å². The molecule has 0 bridgehead atoms. The molecule has 26 heavy (non-hydrogen) atoms. The molecule has 0 fully saturated rings. The predicted molar refractivity (Wildman–Crippen MR) is 96.3 cm³/mol. The van der Waals surface area contributed by atoms with Crippen molar-refractivity contribution in [3.63, 3.8) is 0 Å². The van der Waals surface area contributed by atoms with Gasteiger partial charge in [0.1, 0.15) is 10.9 Å². The number of benzene rings is 1. The van der Waals surface area contributed by atoms with Gasteiger partial charge >= 0.3 is 11.9 Å². The van der Waals surface area contributed by atoms with Crippen molar-refractivity contribution in [3.8, 4) is 0 Å². The monoisotopic (exact) mass is 449 g/mol. The van der Waals surface area contributed by atoms with E-state index in [1.54, 1.807) is 19.1 Å². The normalized spacial score (nSPS) is 13.5. The van der Waals surface area contributed by atoms with Crippen LogP contribution in [0.5, 0.6) is 0 Å². The Labute approximate surface area is 160 Å². The smallest absolute Gasteiger partial charge is 0.375 e. The Kier molecular flexibility index (Phi) is 8.38. The molecule has 0 spiro atoms. The van der Waals surface area contributed by atoms with E-state index in [4.69, 9.17) is 4.74 Å². The van der Waals surface area contributed by atoms with Crippen molar-refractivity contribution in [1.82, 2.24) is 4.72 Å².